The lowest BCUT2D eigenvalue weighted by Gasteiger charge is -2.13. The second-order valence-corrected chi connectivity index (χ2v) is 3.74. The van der Waals surface area contributed by atoms with E-state index in [0.29, 0.717) is 12.3 Å². The minimum Gasteiger partial charge on any atom is -0.469 e. The Morgan fingerprint density at radius 2 is 2.31 bits per heavy atom. The SMILES string of the molecule is CC(C)CC(CC=O)c1ccco1. The van der Waals surface area contributed by atoms with E-state index in [0.717, 1.165) is 18.5 Å². The van der Waals surface area contributed by atoms with E-state index < -0.39 is 0 Å². The number of hydrogen-bond acceptors (Lipinski definition) is 2. The summed E-state index contributed by atoms with van der Waals surface area (Å²) in [6.45, 7) is 4.31. The molecule has 13 heavy (non-hydrogen) atoms. The second kappa shape index (κ2) is 4.85. The van der Waals surface area contributed by atoms with Gasteiger partial charge in [-0.05, 0) is 24.5 Å². The molecule has 1 atom stereocenters. The smallest absolute Gasteiger partial charge is 0.120 e. The summed E-state index contributed by atoms with van der Waals surface area (Å²) in [6, 6.07) is 3.81. The number of carbonyl (C=O) groups is 1. The minimum absolute atomic E-state index is 0.257. The first-order valence-electron chi connectivity index (χ1n) is 4.71. The first-order valence-corrected chi connectivity index (χ1v) is 4.71. The zero-order chi connectivity index (χ0) is 9.68. The van der Waals surface area contributed by atoms with Crippen LogP contribution in [0.1, 0.15) is 38.4 Å². The lowest BCUT2D eigenvalue weighted by Crippen LogP contribution is -2.02. The van der Waals surface area contributed by atoms with Gasteiger partial charge in [0, 0.05) is 12.3 Å². The Hall–Kier alpha value is -1.05. The van der Waals surface area contributed by atoms with Crippen LogP contribution in [0.3, 0.4) is 0 Å². The van der Waals surface area contributed by atoms with E-state index in [1.165, 1.54) is 0 Å². The predicted octanol–water partition coefficient (Wildman–Crippen LogP) is 3.00. The molecule has 0 saturated heterocycles. The van der Waals surface area contributed by atoms with E-state index in [1.54, 1.807) is 6.26 Å². The molecule has 0 radical (unpaired) electrons. The highest BCUT2D eigenvalue weighted by atomic mass is 16.3. The average Bonchev–Trinajstić information content (AvgIpc) is 2.54. The van der Waals surface area contributed by atoms with Crippen molar-refractivity contribution in [3.63, 3.8) is 0 Å². The first kappa shape index (κ1) is 10.0. The molecule has 1 heterocycles. The van der Waals surface area contributed by atoms with Crippen molar-refractivity contribution >= 4 is 6.29 Å². The molecule has 0 aliphatic rings. The fourth-order valence-electron chi connectivity index (χ4n) is 1.54. The van der Waals surface area contributed by atoms with Crippen LogP contribution in [-0.4, -0.2) is 6.29 Å². The number of hydrogen-bond donors (Lipinski definition) is 0. The van der Waals surface area contributed by atoms with Crippen molar-refractivity contribution in [2.75, 3.05) is 0 Å². The fraction of sp³-hybridized carbons (Fsp3) is 0.545. The summed E-state index contributed by atoms with van der Waals surface area (Å²) >= 11 is 0. The summed E-state index contributed by atoms with van der Waals surface area (Å²) in [5.74, 6) is 1.78. The molecule has 0 amide bonds. The molecular formula is C11H16O2. The zero-order valence-electron chi connectivity index (χ0n) is 8.19. The Kier molecular flexibility index (Phi) is 3.74. The van der Waals surface area contributed by atoms with Crippen LogP contribution in [0.25, 0.3) is 0 Å². The van der Waals surface area contributed by atoms with Gasteiger partial charge in [-0.3, -0.25) is 0 Å². The fourth-order valence-corrected chi connectivity index (χ4v) is 1.54. The average molecular weight is 180 g/mol. The van der Waals surface area contributed by atoms with Crippen molar-refractivity contribution in [2.24, 2.45) is 5.92 Å². The van der Waals surface area contributed by atoms with Gasteiger partial charge < -0.3 is 9.21 Å². The second-order valence-electron chi connectivity index (χ2n) is 3.74. The first-order chi connectivity index (χ1) is 6.24. The van der Waals surface area contributed by atoms with E-state index in [1.807, 2.05) is 12.1 Å². The summed E-state index contributed by atoms with van der Waals surface area (Å²) in [5, 5.41) is 0. The molecule has 0 saturated carbocycles. The summed E-state index contributed by atoms with van der Waals surface area (Å²) in [4.78, 5) is 10.5. The molecule has 0 spiro atoms. The van der Waals surface area contributed by atoms with E-state index in [2.05, 4.69) is 13.8 Å². The molecule has 0 aliphatic carbocycles. The van der Waals surface area contributed by atoms with Crippen molar-refractivity contribution < 1.29 is 9.21 Å². The highest BCUT2D eigenvalue weighted by Crippen LogP contribution is 2.26. The van der Waals surface area contributed by atoms with Crippen molar-refractivity contribution in [1.29, 1.82) is 0 Å². The third kappa shape index (κ3) is 3.05. The van der Waals surface area contributed by atoms with Gasteiger partial charge in [0.2, 0.25) is 0 Å². The molecule has 2 heteroatoms. The molecule has 0 fully saturated rings. The number of furan rings is 1. The molecule has 1 unspecified atom stereocenters. The summed E-state index contributed by atoms with van der Waals surface area (Å²) in [6.07, 6.45) is 4.20. The molecule has 0 N–H and O–H groups in total. The molecule has 2 nitrogen and oxygen atoms in total. The summed E-state index contributed by atoms with van der Waals surface area (Å²) in [5.41, 5.74) is 0. The van der Waals surface area contributed by atoms with Gasteiger partial charge >= 0.3 is 0 Å². The van der Waals surface area contributed by atoms with Gasteiger partial charge in [0.1, 0.15) is 12.0 Å². The molecule has 1 rings (SSSR count). The van der Waals surface area contributed by atoms with Crippen LogP contribution in [0, 0.1) is 5.92 Å². The number of rotatable bonds is 5. The highest BCUT2D eigenvalue weighted by Gasteiger charge is 2.15. The van der Waals surface area contributed by atoms with Crippen LogP contribution >= 0.6 is 0 Å². The molecule has 72 valence electrons. The largest absolute Gasteiger partial charge is 0.469 e. The van der Waals surface area contributed by atoms with Crippen molar-refractivity contribution in [1.82, 2.24) is 0 Å². The summed E-state index contributed by atoms with van der Waals surface area (Å²) in [7, 11) is 0. The van der Waals surface area contributed by atoms with Gasteiger partial charge in [0.25, 0.3) is 0 Å². The van der Waals surface area contributed by atoms with Gasteiger partial charge in [0.15, 0.2) is 0 Å². The molecular weight excluding hydrogens is 164 g/mol. The Labute approximate surface area is 78.9 Å². The van der Waals surface area contributed by atoms with E-state index in [9.17, 15) is 4.79 Å². The van der Waals surface area contributed by atoms with Crippen LogP contribution < -0.4 is 0 Å². The molecule has 0 aromatic carbocycles. The van der Waals surface area contributed by atoms with Crippen LogP contribution in [0.2, 0.25) is 0 Å². The Balaban J connectivity index is 2.62. The number of aldehydes is 1. The Bertz CT molecular complexity index is 237. The van der Waals surface area contributed by atoms with Crippen LogP contribution in [0.5, 0.6) is 0 Å². The molecule has 1 aromatic rings. The summed E-state index contributed by atoms with van der Waals surface area (Å²) < 4.78 is 5.29. The monoisotopic (exact) mass is 180 g/mol. The molecule has 0 bridgehead atoms. The third-order valence-corrected chi connectivity index (χ3v) is 2.08. The standard InChI is InChI=1S/C11H16O2/c1-9(2)8-10(5-6-12)11-4-3-7-13-11/h3-4,6-7,9-10H,5,8H2,1-2H3. The molecule has 0 aliphatic heterocycles. The highest BCUT2D eigenvalue weighted by molar-refractivity contribution is 5.51. The normalized spacial score (nSPS) is 13.2. The van der Waals surface area contributed by atoms with E-state index in [4.69, 9.17) is 4.42 Å². The Morgan fingerprint density at radius 1 is 1.54 bits per heavy atom. The maximum Gasteiger partial charge on any atom is 0.120 e. The van der Waals surface area contributed by atoms with E-state index >= 15 is 0 Å². The van der Waals surface area contributed by atoms with Crippen LogP contribution in [0.4, 0.5) is 0 Å². The predicted molar refractivity (Wildman–Crippen MR) is 51.6 cm³/mol. The maximum atomic E-state index is 10.5. The minimum atomic E-state index is 0.257. The van der Waals surface area contributed by atoms with Crippen LogP contribution in [0.15, 0.2) is 22.8 Å². The Morgan fingerprint density at radius 3 is 2.77 bits per heavy atom. The van der Waals surface area contributed by atoms with Crippen molar-refractivity contribution in [2.45, 2.75) is 32.6 Å². The van der Waals surface area contributed by atoms with Gasteiger partial charge in [-0.15, -0.1) is 0 Å². The van der Waals surface area contributed by atoms with Gasteiger partial charge in [0.05, 0.1) is 6.26 Å². The lowest BCUT2D eigenvalue weighted by atomic mass is 9.93. The number of carbonyl (C=O) groups excluding carboxylic acids is 1. The third-order valence-electron chi connectivity index (χ3n) is 2.08. The van der Waals surface area contributed by atoms with E-state index in [-0.39, 0.29) is 5.92 Å². The van der Waals surface area contributed by atoms with Gasteiger partial charge in [-0.1, -0.05) is 13.8 Å². The van der Waals surface area contributed by atoms with Crippen molar-refractivity contribution in [3.8, 4) is 0 Å². The van der Waals surface area contributed by atoms with Crippen LogP contribution in [-0.2, 0) is 4.79 Å². The maximum absolute atomic E-state index is 10.5. The quantitative estimate of drug-likeness (QED) is 0.652. The molecule has 1 aromatic heterocycles. The van der Waals surface area contributed by atoms with Gasteiger partial charge in [-0.25, -0.2) is 0 Å². The van der Waals surface area contributed by atoms with Crippen molar-refractivity contribution in [3.05, 3.63) is 24.2 Å². The zero-order valence-corrected chi connectivity index (χ0v) is 8.19. The lowest BCUT2D eigenvalue weighted by molar-refractivity contribution is -0.108. The van der Waals surface area contributed by atoms with Gasteiger partial charge in [-0.2, -0.15) is 0 Å². The topological polar surface area (TPSA) is 30.2 Å².